The molecule has 1 saturated heterocycles. The van der Waals surface area contributed by atoms with Gasteiger partial charge in [0.05, 0.1) is 12.3 Å². The maximum absolute atomic E-state index is 12.8. The number of carbonyl (C=O) groups excluding carboxylic acids is 2. The number of rotatable bonds is 6. The monoisotopic (exact) mass is 461 g/mol. The molecule has 2 aromatic rings. The van der Waals surface area contributed by atoms with Gasteiger partial charge in [0.25, 0.3) is 15.9 Å². The fourth-order valence-corrected chi connectivity index (χ4v) is 4.89. The third kappa shape index (κ3) is 4.39. The summed E-state index contributed by atoms with van der Waals surface area (Å²) < 4.78 is 36.9. The van der Waals surface area contributed by atoms with Crippen molar-refractivity contribution in [2.24, 2.45) is 5.16 Å². The third-order valence-electron chi connectivity index (χ3n) is 5.25. The number of hydrogen-bond donors (Lipinski definition) is 0. The summed E-state index contributed by atoms with van der Waals surface area (Å²) in [6.07, 6.45) is -0.352. The molecular weight excluding hydrogens is 438 g/mol. The highest BCUT2D eigenvalue weighted by molar-refractivity contribution is 7.89. The van der Waals surface area contributed by atoms with Crippen LogP contribution in [0.15, 0.2) is 57.1 Å². The second-order valence-corrected chi connectivity index (χ2v) is 9.14. The van der Waals surface area contributed by atoms with Gasteiger partial charge in [-0.15, -0.1) is 0 Å². The van der Waals surface area contributed by atoms with Crippen LogP contribution < -0.4 is 0 Å². The summed E-state index contributed by atoms with van der Waals surface area (Å²) in [6, 6.07) is 12.0. The van der Waals surface area contributed by atoms with Gasteiger partial charge in [-0.25, -0.2) is 13.2 Å². The first-order valence-corrected chi connectivity index (χ1v) is 11.7. The minimum atomic E-state index is -3.94. The average Bonchev–Trinajstić information content (AvgIpc) is 3.50. The molecule has 2 aliphatic heterocycles. The van der Waals surface area contributed by atoms with Crippen LogP contribution in [-0.2, 0) is 24.4 Å². The predicted octanol–water partition coefficient (Wildman–Crippen LogP) is 1.48. The zero-order valence-corrected chi connectivity index (χ0v) is 18.3. The molecule has 3 heterocycles. The quantitative estimate of drug-likeness (QED) is 0.598. The van der Waals surface area contributed by atoms with Gasteiger partial charge in [-0.2, -0.15) is 4.31 Å². The van der Waals surface area contributed by atoms with Crippen molar-refractivity contribution in [3.63, 3.8) is 0 Å². The molecule has 1 amide bonds. The van der Waals surface area contributed by atoms with E-state index in [1.54, 1.807) is 11.8 Å². The van der Waals surface area contributed by atoms with Gasteiger partial charge in [0.2, 0.25) is 17.0 Å². The molecule has 0 spiro atoms. The highest BCUT2D eigenvalue weighted by Crippen LogP contribution is 2.23. The Morgan fingerprint density at radius 3 is 2.50 bits per heavy atom. The highest BCUT2D eigenvalue weighted by Gasteiger charge is 2.37. The van der Waals surface area contributed by atoms with Crippen molar-refractivity contribution in [2.45, 2.75) is 24.5 Å². The molecule has 0 N–H and O–H groups in total. The van der Waals surface area contributed by atoms with Gasteiger partial charge >= 0.3 is 5.97 Å². The lowest BCUT2D eigenvalue weighted by atomic mass is 10.0. The van der Waals surface area contributed by atoms with Crippen LogP contribution in [0.4, 0.5) is 0 Å². The van der Waals surface area contributed by atoms with Gasteiger partial charge in [0.15, 0.2) is 0 Å². The number of esters is 1. The van der Waals surface area contributed by atoms with E-state index in [9.17, 15) is 18.0 Å². The number of piperazine rings is 1. The number of amides is 1. The van der Waals surface area contributed by atoms with E-state index in [0.717, 1.165) is 5.56 Å². The maximum atomic E-state index is 12.8. The second kappa shape index (κ2) is 9.13. The SMILES string of the molecule is CCOC(=O)c1ccc(S(=O)(=O)N2CCN(C(=O)C3CC(c4ccccc4)=NO3)CC2)o1. The van der Waals surface area contributed by atoms with E-state index >= 15 is 0 Å². The largest absolute Gasteiger partial charge is 0.460 e. The van der Waals surface area contributed by atoms with Crippen LogP contribution in [0.25, 0.3) is 0 Å². The Kier molecular flexibility index (Phi) is 6.28. The molecule has 0 saturated carbocycles. The molecule has 11 heteroatoms. The normalized spacial score (nSPS) is 19.3. The van der Waals surface area contributed by atoms with Crippen LogP contribution in [0.5, 0.6) is 0 Å². The van der Waals surface area contributed by atoms with Crippen LogP contribution in [0, 0.1) is 0 Å². The minimum Gasteiger partial charge on any atom is -0.460 e. The summed E-state index contributed by atoms with van der Waals surface area (Å²) in [5.41, 5.74) is 1.61. The van der Waals surface area contributed by atoms with E-state index in [1.165, 1.54) is 16.4 Å². The molecule has 32 heavy (non-hydrogen) atoms. The lowest BCUT2D eigenvalue weighted by molar-refractivity contribution is -0.143. The van der Waals surface area contributed by atoms with Crippen molar-refractivity contribution >= 4 is 27.6 Å². The smallest absolute Gasteiger partial charge is 0.374 e. The number of carbonyl (C=O) groups is 2. The Morgan fingerprint density at radius 1 is 1.09 bits per heavy atom. The number of benzene rings is 1. The van der Waals surface area contributed by atoms with E-state index in [2.05, 4.69) is 5.16 Å². The number of nitrogens with zero attached hydrogens (tertiary/aromatic N) is 3. The van der Waals surface area contributed by atoms with Gasteiger partial charge in [-0.3, -0.25) is 4.79 Å². The average molecular weight is 461 g/mol. The molecule has 10 nitrogen and oxygen atoms in total. The lowest BCUT2D eigenvalue weighted by Gasteiger charge is -2.34. The van der Waals surface area contributed by atoms with E-state index < -0.39 is 22.1 Å². The van der Waals surface area contributed by atoms with Gasteiger partial charge in [-0.1, -0.05) is 35.5 Å². The fourth-order valence-electron chi connectivity index (χ4n) is 3.56. The summed E-state index contributed by atoms with van der Waals surface area (Å²) in [6.45, 7) is 2.42. The number of sulfonamides is 1. The Bertz CT molecular complexity index is 1120. The molecule has 2 aliphatic rings. The van der Waals surface area contributed by atoms with Crippen LogP contribution >= 0.6 is 0 Å². The second-order valence-electron chi connectivity index (χ2n) is 7.27. The highest BCUT2D eigenvalue weighted by atomic mass is 32.2. The fraction of sp³-hybridized carbons (Fsp3) is 0.381. The lowest BCUT2D eigenvalue weighted by Crippen LogP contribution is -2.52. The summed E-state index contributed by atoms with van der Waals surface area (Å²) in [5, 5.41) is 3.71. The first kappa shape index (κ1) is 22.0. The van der Waals surface area contributed by atoms with Crippen LogP contribution in [0.1, 0.15) is 29.5 Å². The van der Waals surface area contributed by atoms with Gasteiger partial charge in [0, 0.05) is 32.6 Å². The molecule has 1 fully saturated rings. The summed E-state index contributed by atoms with van der Waals surface area (Å²) in [4.78, 5) is 31.5. The first-order chi connectivity index (χ1) is 15.4. The third-order valence-corrected chi connectivity index (χ3v) is 7.03. The van der Waals surface area contributed by atoms with Crippen LogP contribution in [0.3, 0.4) is 0 Å². The van der Waals surface area contributed by atoms with E-state index in [4.69, 9.17) is 14.0 Å². The molecule has 1 unspecified atom stereocenters. The molecule has 4 rings (SSSR count). The van der Waals surface area contributed by atoms with Gasteiger partial charge < -0.3 is 18.9 Å². The van der Waals surface area contributed by atoms with Crippen molar-refractivity contribution in [3.05, 3.63) is 53.8 Å². The van der Waals surface area contributed by atoms with Crippen molar-refractivity contribution in [1.82, 2.24) is 9.21 Å². The maximum Gasteiger partial charge on any atom is 0.374 e. The van der Waals surface area contributed by atoms with Crippen molar-refractivity contribution in [1.29, 1.82) is 0 Å². The summed E-state index contributed by atoms with van der Waals surface area (Å²) in [5.74, 6) is -1.12. The van der Waals surface area contributed by atoms with Crippen molar-refractivity contribution < 1.29 is 32.0 Å². The number of ether oxygens (including phenoxy) is 1. The summed E-state index contributed by atoms with van der Waals surface area (Å²) >= 11 is 0. The molecule has 170 valence electrons. The first-order valence-electron chi connectivity index (χ1n) is 10.2. The minimum absolute atomic E-state index is 0.0998. The molecule has 0 bridgehead atoms. The molecule has 0 radical (unpaired) electrons. The standard InChI is InChI=1S/C21H23N3O7S/c1-2-29-21(26)17-8-9-19(30-17)32(27,28)24-12-10-23(11-13-24)20(25)18-14-16(22-31-18)15-6-4-3-5-7-15/h3-9,18H,2,10-14H2,1H3. The number of hydrogen-bond acceptors (Lipinski definition) is 8. The number of furan rings is 1. The molecule has 1 aromatic heterocycles. The Morgan fingerprint density at radius 2 is 1.81 bits per heavy atom. The zero-order valence-electron chi connectivity index (χ0n) is 17.5. The van der Waals surface area contributed by atoms with Gasteiger partial charge in [-0.05, 0) is 24.6 Å². The Hall–Kier alpha value is -3.18. The molecule has 1 atom stereocenters. The van der Waals surface area contributed by atoms with E-state index in [-0.39, 0.29) is 49.5 Å². The van der Waals surface area contributed by atoms with Crippen LogP contribution in [0.2, 0.25) is 0 Å². The van der Waals surface area contributed by atoms with Crippen LogP contribution in [-0.4, -0.2) is 74.1 Å². The van der Waals surface area contributed by atoms with Crippen molar-refractivity contribution in [2.75, 3.05) is 32.8 Å². The molecule has 0 aliphatic carbocycles. The number of oxime groups is 1. The van der Waals surface area contributed by atoms with E-state index in [1.807, 2.05) is 30.3 Å². The topological polar surface area (TPSA) is 119 Å². The molecular formula is C21H23N3O7S. The van der Waals surface area contributed by atoms with Gasteiger partial charge in [0.1, 0.15) is 0 Å². The predicted molar refractivity (Wildman–Crippen MR) is 112 cm³/mol. The Balaban J connectivity index is 1.34. The van der Waals surface area contributed by atoms with E-state index in [0.29, 0.717) is 12.1 Å². The van der Waals surface area contributed by atoms with Crippen molar-refractivity contribution in [3.8, 4) is 0 Å². The zero-order chi connectivity index (χ0) is 22.7. The Labute approximate surface area is 185 Å². The molecule has 1 aromatic carbocycles. The summed E-state index contributed by atoms with van der Waals surface area (Å²) in [7, 11) is -3.94.